The molecule has 1 aromatic carbocycles. The zero-order chi connectivity index (χ0) is 29.8. The van der Waals surface area contributed by atoms with Crippen molar-refractivity contribution in [1.82, 2.24) is 20.9 Å². The maximum Gasteiger partial charge on any atom is 0.326 e. The van der Waals surface area contributed by atoms with Gasteiger partial charge in [0.05, 0.1) is 6.04 Å². The van der Waals surface area contributed by atoms with Crippen molar-refractivity contribution in [3.05, 3.63) is 36.0 Å². The van der Waals surface area contributed by atoms with Gasteiger partial charge in [0.1, 0.15) is 18.1 Å². The number of H-pyrrole nitrogens is 1. The highest BCUT2D eigenvalue weighted by molar-refractivity contribution is 5.94. The second kappa shape index (κ2) is 15.6. The van der Waals surface area contributed by atoms with Crippen LogP contribution in [0.15, 0.2) is 30.5 Å². The first kappa shape index (κ1) is 32.2. The first-order valence-corrected chi connectivity index (χ1v) is 13.3. The lowest BCUT2D eigenvalue weighted by Crippen LogP contribution is -2.58. The summed E-state index contributed by atoms with van der Waals surface area (Å²) in [5.74, 6) is -4.90. The molecule has 0 radical (unpaired) electrons. The number of hydrogen-bond acceptors (Lipinski definition) is 7. The lowest BCUT2D eigenvalue weighted by Gasteiger charge is -2.27. The van der Waals surface area contributed by atoms with Gasteiger partial charge in [-0.3, -0.25) is 19.2 Å². The van der Waals surface area contributed by atoms with Crippen molar-refractivity contribution in [3.8, 4) is 0 Å². The molecule has 0 saturated heterocycles. The maximum atomic E-state index is 13.2. The van der Waals surface area contributed by atoms with Crippen LogP contribution in [0.3, 0.4) is 0 Å². The van der Waals surface area contributed by atoms with Crippen LogP contribution in [-0.4, -0.2) is 75.6 Å². The van der Waals surface area contributed by atoms with Crippen molar-refractivity contribution in [1.29, 1.82) is 0 Å². The Kier molecular flexibility index (Phi) is 12.6. The van der Waals surface area contributed by atoms with Crippen LogP contribution >= 0.6 is 0 Å². The second-order valence-corrected chi connectivity index (χ2v) is 10.1. The van der Waals surface area contributed by atoms with Crippen LogP contribution in [-0.2, 0) is 30.4 Å². The number of aromatic nitrogens is 1. The summed E-state index contributed by atoms with van der Waals surface area (Å²) in [5, 5.41) is 26.8. The number of carboxylic acid groups (broad SMARTS) is 2. The standard InChI is InChI=1S/C27H40N6O7/c1-15(2)23(33-24(36)18(29)13-16-14-30-19-8-4-3-7-17(16)19)26(38)31-20(9-5-6-12-28)25(37)32-21(27(39)40)10-11-22(34)35/h3-4,7-8,14-15,18,20-21,23,30H,5-6,9-13,28-29H2,1-2H3,(H,31,38)(H,32,37)(H,33,36)(H,34,35)(H,39,40). The third kappa shape index (κ3) is 9.65. The van der Waals surface area contributed by atoms with Gasteiger partial charge in [-0.1, -0.05) is 32.0 Å². The minimum Gasteiger partial charge on any atom is -0.481 e. The number of amides is 3. The number of para-hydroxylation sites is 1. The first-order chi connectivity index (χ1) is 18.9. The van der Waals surface area contributed by atoms with E-state index in [1.807, 2.05) is 24.3 Å². The number of nitrogens with one attached hydrogen (secondary N) is 4. The molecule has 3 amide bonds. The molecule has 4 atom stereocenters. The van der Waals surface area contributed by atoms with Crippen LogP contribution in [0.25, 0.3) is 10.9 Å². The Morgan fingerprint density at radius 2 is 1.57 bits per heavy atom. The molecule has 10 N–H and O–H groups in total. The number of rotatable bonds is 17. The molecule has 0 spiro atoms. The van der Waals surface area contributed by atoms with E-state index >= 15 is 0 Å². The van der Waals surface area contributed by atoms with E-state index in [2.05, 4.69) is 20.9 Å². The molecule has 40 heavy (non-hydrogen) atoms. The number of carboxylic acids is 2. The third-order valence-electron chi connectivity index (χ3n) is 6.54. The highest BCUT2D eigenvalue weighted by atomic mass is 16.4. The molecule has 2 rings (SSSR count). The number of benzene rings is 1. The smallest absolute Gasteiger partial charge is 0.326 e. The Morgan fingerprint density at radius 1 is 0.900 bits per heavy atom. The van der Waals surface area contributed by atoms with Crippen LogP contribution in [0.4, 0.5) is 0 Å². The average molecular weight is 561 g/mol. The SMILES string of the molecule is CC(C)C(NC(=O)C(N)Cc1c[nH]c2ccccc12)C(=O)NC(CCCCN)C(=O)NC(CCC(=O)O)C(=O)O. The van der Waals surface area contributed by atoms with Gasteiger partial charge < -0.3 is 42.6 Å². The van der Waals surface area contributed by atoms with Gasteiger partial charge >= 0.3 is 11.9 Å². The molecule has 0 fully saturated rings. The number of nitrogens with two attached hydrogens (primary N) is 2. The van der Waals surface area contributed by atoms with Crippen molar-refractivity contribution in [2.45, 2.75) is 76.5 Å². The van der Waals surface area contributed by atoms with Crippen molar-refractivity contribution < 1.29 is 34.2 Å². The van der Waals surface area contributed by atoms with Gasteiger partial charge in [0.15, 0.2) is 0 Å². The number of unbranched alkanes of at least 4 members (excludes halogenated alkanes) is 1. The molecule has 0 bridgehead atoms. The summed E-state index contributed by atoms with van der Waals surface area (Å²) in [6, 6.07) is 3.08. The van der Waals surface area contributed by atoms with Gasteiger partial charge in [0.2, 0.25) is 17.7 Å². The van der Waals surface area contributed by atoms with E-state index in [-0.39, 0.29) is 25.2 Å². The Morgan fingerprint density at radius 3 is 2.20 bits per heavy atom. The number of fused-ring (bicyclic) bond motifs is 1. The van der Waals surface area contributed by atoms with Crippen molar-refractivity contribution in [3.63, 3.8) is 0 Å². The van der Waals surface area contributed by atoms with E-state index in [1.54, 1.807) is 20.0 Å². The number of carbonyl (C=O) groups excluding carboxylic acids is 3. The fraction of sp³-hybridized carbons (Fsp3) is 0.519. The molecule has 4 unspecified atom stereocenters. The predicted molar refractivity (Wildman–Crippen MR) is 148 cm³/mol. The van der Waals surface area contributed by atoms with E-state index in [9.17, 15) is 29.1 Å². The van der Waals surface area contributed by atoms with Gasteiger partial charge in [0, 0.05) is 23.5 Å². The maximum absolute atomic E-state index is 13.2. The molecule has 0 aliphatic heterocycles. The predicted octanol–water partition coefficient (Wildman–Crippen LogP) is 0.227. The zero-order valence-electron chi connectivity index (χ0n) is 22.8. The quantitative estimate of drug-likeness (QED) is 0.124. The van der Waals surface area contributed by atoms with Crippen LogP contribution in [0, 0.1) is 5.92 Å². The molecule has 1 aromatic heterocycles. The normalized spacial score (nSPS) is 14.2. The molecule has 0 saturated carbocycles. The Bertz CT molecular complexity index is 1180. The topological polar surface area (TPSA) is 230 Å². The molecular weight excluding hydrogens is 520 g/mol. The van der Waals surface area contributed by atoms with Gasteiger partial charge in [0.25, 0.3) is 0 Å². The molecule has 220 valence electrons. The Labute approximate surface area is 232 Å². The fourth-order valence-corrected chi connectivity index (χ4v) is 4.25. The lowest BCUT2D eigenvalue weighted by atomic mass is 10.00. The van der Waals surface area contributed by atoms with Crippen molar-refractivity contribution in [2.24, 2.45) is 17.4 Å². The van der Waals surface area contributed by atoms with E-state index < -0.39 is 60.2 Å². The number of aromatic amines is 1. The summed E-state index contributed by atoms with van der Waals surface area (Å²) < 4.78 is 0. The van der Waals surface area contributed by atoms with Crippen molar-refractivity contribution in [2.75, 3.05) is 6.54 Å². The Balaban J connectivity index is 2.10. The molecule has 1 heterocycles. The van der Waals surface area contributed by atoms with E-state index in [4.69, 9.17) is 16.6 Å². The average Bonchev–Trinajstić information content (AvgIpc) is 3.30. The summed E-state index contributed by atoms with van der Waals surface area (Å²) in [6.45, 7) is 3.81. The minimum absolute atomic E-state index is 0.166. The number of aliphatic carboxylic acids is 2. The molecule has 0 aliphatic rings. The van der Waals surface area contributed by atoms with Crippen LogP contribution in [0.2, 0.25) is 0 Å². The summed E-state index contributed by atoms with van der Waals surface area (Å²) >= 11 is 0. The minimum atomic E-state index is -1.44. The first-order valence-electron chi connectivity index (χ1n) is 13.3. The lowest BCUT2D eigenvalue weighted by molar-refractivity contribution is -0.143. The molecule has 2 aromatic rings. The highest BCUT2D eigenvalue weighted by Gasteiger charge is 2.31. The van der Waals surface area contributed by atoms with Gasteiger partial charge in [-0.2, -0.15) is 0 Å². The molecular formula is C27H40N6O7. The Hall–Kier alpha value is -3.97. The van der Waals surface area contributed by atoms with Crippen LogP contribution in [0.5, 0.6) is 0 Å². The monoisotopic (exact) mass is 560 g/mol. The van der Waals surface area contributed by atoms with Crippen molar-refractivity contribution >= 4 is 40.6 Å². The second-order valence-electron chi connectivity index (χ2n) is 10.1. The third-order valence-corrected chi connectivity index (χ3v) is 6.54. The van der Waals surface area contributed by atoms with Crippen LogP contribution in [0.1, 0.15) is 51.5 Å². The fourth-order valence-electron chi connectivity index (χ4n) is 4.25. The van der Waals surface area contributed by atoms with E-state index in [1.165, 1.54) is 0 Å². The molecule has 13 nitrogen and oxygen atoms in total. The molecule has 13 heteroatoms. The van der Waals surface area contributed by atoms with E-state index in [0.29, 0.717) is 19.4 Å². The summed E-state index contributed by atoms with van der Waals surface area (Å²) in [4.78, 5) is 64.7. The summed E-state index contributed by atoms with van der Waals surface area (Å²) in [6.07, 6.45) is 2.44. The van der Waals surface area contributed by atoms with Gasteiger partial charge in [-0.15, -0.1) is 0 Å². The largest absolute Gasteiger partial charge is 0.481 e. The highest BCUT2D eigenvalue weighted by Crippen LogP contribution is 2.19. The summed E-state index contributed by atoms with van der Waals surface area (Å²) in [5.41, 5.74) is 13.5. The van der Waals surface area contributed by atoms with Gasteiger partial charge in [-0.25, -0.2) is 4.79 Å². The number of hydrogen-bond donors (Lipinski definition) is 8. The van der Waals surface area contributed by atoms with Crippen LogP contribution < -0.4 is 27.4 Å². The molecule has 0 aliphatic carbocycles. The van der Waals surface area contributed by atoms with Gasteiger partial charge in [-0.05, 0) is 56.2 Å². The number of carbonyl (C=O) groups is 5. The van der Waals surface area contributed by atoms with E-state index in [0.717, 1.165) is 16.5 Å². The zero-order valence-corrected chi connectivity index (χ0v) is 22.8. The summed E-state index contributed by atoms with van der Waals surface area (Å²) in [7, 11) is 0.